The molecule has 0 saturated carbocycles. The Hall–Kier alpha value is -2.02. The Balaban J connectivity index is 2.15. The quantitative estimate of drug-likeness (QED) is 0.756. The summed E-state index contributed by atoms with van der Waals surface area (Å²) in [6.45, 7) is 2.71. The number of oxazole rings is 1. The van der Waals surface area contributed by atoms with Crippen molar-refractivity contribution in [2.24, 2.45) is 0 Å². The molecule has 1 aromatic carbocycles. The number of aryl methyl sites for hydroxylation is 1. The summed E-state index contributed by atoms with van der Waals surface area (Å²) in [6, 6.07) is 8.12. The zero-order valence-corrected chi connectivity index (χ0v) is 10.1. The van der Waals surface area contributed by atoms with Crippen LogP contribution in [0, 0.1) is 18.3 Å². The van der Waals surface area contributed by atoms with Crippen molar-refractivity contribution in [3.05, 3.63) is 24.1 Å². The third-order valence-electron chi connectivity index (χ3n) is 2.70. The average molecular weight is 229 g/mol. The second-order valence-corrected chi connectivity index (χ2v) is 4.07. The maximum atomic E-state index is 8.50. The first-order chi connectivity index (χ1) is 8.20. The van der Waals surface area contributed by atoms with Crippen LogP contribution in [0.15, 0.2) is 22.6 Å². The van der Waals surface area contributed by atoms with Crippen LogP contribution >= 0.6 is 0 Å². The molecule has 0 N–H and O–H groups in total. The summed E-state index contributed by atoms with van der Waals surface area (Å²) < 4.78 is 5.49. The van der Waals surface area contributed by atoms with Crippen LogP contribution in [0.1, 0.15) is 18.7 Å². The lowest BCUT2D eigenvalue weighted by atomic mass is 10.2. The van der Waals surface area contributed by atoms with Gasteiger partial charge in [0.1, 0.15) is 5.52 Å². The summed E-state index contributed by atoms with van der Waals surface area (Å²) >= 11 is 0. The Morgan fingerprint density at radius 1 is 1.47 bits per heavy atom. The topological polar surface area (TPSA) is 53.1 Å². The van der Waals surface area contributed by atoms with Gasteiger partial charge in [-0.25, -0.2) is 4.98 Å². The molecule has 0 aliphatic carbocycles. The Bertz CT molecular complexity index is 553. The number of unbranched alkanes of at least 4 members (excludes halogenated alkanes) is 1. The lowest BCUT2D eigenvalue weighted by Crippen LogP contribution is -2.18. The van der Waals surface area contributed by atoms with Gasteiger partial charge in [-0.2, -0.15) is 5.26 Å². The zero-order chi connectivity index (χ0) is 12.3. The van der Waals surface area contributed by atoms with Gasteiger partial charge >= 0.3 is 0 Å². The van der Waals surface area contributed by atoms with Gasteiger partial charge in [-0.15, -0.1) is 0 Å². The van der Waals surface area contributed by atoms with Crippen molar-refractivity contribution in [1.82, 2.24) is 4.98 Å². The minimum atomic E-state index is 0.591. The number of rotatable bonds is 4. The minimum Gasteiger partial charge on any atom is -0.441 e. The number of fused-ring (bicyclic) bond motifs is 1. The van der Waals surface area contributed by atoms with Crippen LogP contribution in [0.2, 0.25) is 0 Å². The van der Waals surface area contributed by atoms with E-state index in [2.05, 4.69) is 16.0 Å². The first kappa shape index (κ1) is 11.5. The highest BCUT2D eigenvalue weighted by Crippen LogP contribution is 2.22. The molecule has 0 bridgehead atoms. The van der Waals surface area contributed by atoms with Gasteiger partial charge in [0.15, 0.2) is 11.5 Å². The maximum Gasteiger partial charge on any atom is 0.192 e. The second kappa shape index (κ2) is 4.88. The van der Waals surface area contributed by atoms with Gasteiger partial charge in [-0.1, -0.05) is 0 Å². The normalized spacial score (nSPS) is 10.4. The molecule has 0 fully saturated rings. The number of benzene rings is 1. The Labute approximate surface area is 100 Å². The van der Waals surface area contributed by atoms with Crippen LogP contribution in [0.3, 0.4) is 0 Å². The molecule has 1 aromatic heterocycles. The molecule has 0 radical (unpaired) electrons. The molecule has 0 amide bonds. The number of aromatic nitrogens is 1. The molecule has 0 aliphatic heterocycles. The van der Waals surface area contributed by atoms with Crippen LogP contribution in [-0.4, -0.2) is 18.6 Å². The van der Waals surface area contributed by atoms with Gasteiger partial charge in [0, 0.05) is 38.7 Å². The van der Waals surface area contributed by atoms with Gasteiger partial charge in [0.05, 0.1) is 6.07 Å². The molecule has 4 nitrogen and oxygen atoms in total. The minimum absolute atomic E-state index is 0.591. The van der Waals surface area contributed by atoms with Crippen molar-refractivity contribution in [2.75, 3.05) is 18.5 Å². The lowest BCUT2D eigenvalue weighted by Gasteiger charge is -2.18. The molecular weight excluding hydrogens is 214 g/mol. The standard InChI is InChI=1S/C13H15N3O/c1-10-15-12-6-5-11(9-13(12)17-10)16(2)8-4-3-7-14/h5-6,9H,3-4,8H2,1-2H3. The first-order valence-corrected chi connectivity index (χ1v) is 5.66. The molecule has 0 spiro atoms. The monoisotopic (exact) mass is 229 g/mol. The van der Waals surface area contributed by atoms with Crippen LogP contribution in [-0.2, 0) is 0 Å². The van der Waals surface area contributed by atoms with E-state index in [9.17, 15) is 0 Å². The molecule has 2 aromatic rings. The van der Waals surface area contributed by atoms with Crippen molar-refractivity contribution in [2.45, 2.75) is 19.8 Å². The van der Waals surface area contributed by atoms with Gasteiger partial charge in [-0.3, -0.25) is 0 Å². The fourth-order valence-electron chi connectivity index (χ4n) is 1.79. The van der Waals surface area contributed by atoms with E-state index in [0.29, 0.717) is 12.3 Å². The molecule has 88 valence electrons. The molecule has 17 heavy (non-hydrogen) atoms. The summed E-state index contributed by atoms with van der Waals surface area (Å²) in [5, 5.41) is 8.50. The average Bonchev–Trinajstić information content (AvgIpc) is 2.68. The summed E-state index contributed by atoms with van der Waals surface area (Å²) in [4.78, 5) is 6.38. The fraction of sp³-hybridized carbons (Fsp3) is 0.385. The molecule has 0 aliphatic rings. The van der Waals surface area contributed by atoms with E-state index < -0.39 is 0 Å². The van der Waals surface area contributed by atoms with Crippen molar-refractivity contribution < 1.29 is 4.42 Å². The highest BCUT2D eigenvalue weighted by molar-refractivity contribution is 5.77. The number of nitriles is 1. The Kier molecular flexibility index (Phi) is 3.29. The number of hydrogen-bond donors (Lipinski definition) is 0. The summed E-state index contributed by atoms with van der Waals surface area (Å²) in [7, 11) is 2.02. The van der Waals surface area contributed by atoms with Crippen LogP contribution in [0.25, 0.3) is 11.1 Å². The van der Waals surface area contributed by atoms with E-state index in [1.165, 1.54) is 0 Å². The summed E-state index contributed by atoms with van der Waals surface area (Å²) in [5.74, 6) is 0.685. The van der Waals surface area contributed by atoms with Gasteiger partial charge in [-0.05, 0) is 18.6 Å². The van der Waals surface area contributed by atoms with Gasteiger partial charge < -0.3 is 9.32 Å². The zero-order valence-electron chi connectivity index (χ0n) is 10.1. The van der Waals surface area contributed by atoms with Crippen LogP contribution in [0.4, 0.5) is 5.69 Å². The van der Waals surface area contributed by atoms with E-state index in [0.717, 1.165) is 29.8 Å². The molecule has 0 saturated heterocycles. The lowest BCUT2D eigenvalue weighted by molar-refractivity contribution is 0.561. The predicted molar refractivity (Wildman–Crippen MR) is 66.9 cm³/mol. The van der Waals surface area contributed by atoms with E-state index in [-0.39, 0.29) is 0 Å². The highest BCUT2D eigenvalue weighted by Gasteiger charge is 2.06. The van der Waals surface area contributed by atoms with Crippen molar-refractivity contribution in [1.29, 1.82) is 5.26 Å². The molecule has 0 unspecified atom stereocenters. The SMILES string of the molecule is Cc1nc2ccc(N(C)CCCC#N)cc2o1. The number of nitrogens with zero attached hydrogens (tertiary/aromatic N) is 3. The maximum absolute atomic E-state index is 8.50. The van der Waals surface area contributed by atoms with E-state index in [4.69, 9.17) is 9.68 Å². The second-order valence-electron chi connectivity index (χ2n) is 4.07. The summed E-state index contributed by atoms with van der Waals surface area (Å²) in [6.07, 6.45) is 1.47. The van der Waals surface area contributed by atoms with Crippen LogP contribution < -0.4 is 4.90 Å². The van der Waals surface area contributed by atoms with Gasteiger partial charge in [0.25, 0.3) is 0 Å². The molecule has 4 heteroatoms. The molecule has 2 rings (SSSR count). The third-order valence-corrected chi connectivity index (χ3v) is 2.70. The predicted octanol–water partition coefficient (Wildman–Crippen LogP) is 2.88. The largest absolute Gasteiger partial charge is 0.441 e. The smallest absolute Gasteiger partial charge is 0.192 e. The molecule has 1 heterocycles. The Morgan fingerprint density at radius 2 is 2.29 bits per heavy atom. The van der Waals surface area contributed by atoms with Crippen molar-refractivity contribution >= 4 is 16.8 Å². The van der Waals surface area contributed by atoms with E-state index in [1.54, 1.807) is 0 Å². The third kappa shape index (κ3) is 2.56. The van der Waals surface area contributed by atoms with E-state index in [1.807, 2.05) is 32.2 Å². The highest BCUT2D eigenvalue weighted by atomic mass is 16.3. The number of hydrogen-bond acceptors (Lipinski definition) is 4. The molecule has 0 atom stereocenters. The van der Waals surface area contributed by atoms with Crippen molar-refractivity contribution in [3.8, 4) is 6.07 Å². The molecular formula is C13H15N3O. The van der Waals surface area contributed by atoms with Crippen LogP contribution in [0.5, 0.6) is 0 Å². The number of anilines is 1. The fourth-order valence-corrected chi connectivity index (χ4v) is 1.79. The first-order valence-electron chi connectivity index (χ1n) is 5.66. The van der Waals surface area contributed by atoms with E-state index >= 15 is 0 Å². The van der Waals surface area contributed by atoms with Crippen molar-refractivity contribution in [3.63, 3.8) is 0 Å². The summed E-state index contributed by atoms with van der Waals surface area (Å²) in [5.41, 5.74) is 2.79. The Morgan fingerprint density at radius 3 is 3.06 bits per heavy atom. The van der Waals surface area contributed by atoms with Gasteiger partial charge in [0.2, 0.25) is 0 Å².